The topological polar surface area (TPSA) is 99.4 Å². The third-order valence-corrected chi connectivity index (χ3v) is 13.1. The number of rotatable bonds is 7. The Balaban J connectivity index is 1.26. The normalized spacial score (nSPS) is 47.4. The summed E-state index contributed by atoms with van der Waals surface area (Å²) < 4.78 is 11.9. The third-order valence-electron chi connectivity index (χ3n) is 13.1. The predicted octanol–water partition coefficient (Wildman–Crippen LogP) is 6.02. The molecule has 6 heteroatoms. The molecule has 14 atom stereocenters. The molecule has 0 aromatic rings. The molecule has 1 saturated heterocycles. The molecule has 4 N–H and O–H groups in total. The van der Waals surface area contributed by atoms with Crippen LogP contribution in [0.5, 0.6) is 0 Å². The standard InChI is InChI=1S/C36H60O6/c1-8-22(34(3,4)5)10-9-21(2)26-13-14-27-25-12-11-23-19-24(15-17-35(23,6)28(25)16-18-36(26,27)7)41-33-32(40)31(39)30(38)29(20-37)42-33/h9-11,21-22,24-33,37-40H,8,12-20H2,1-7H3/b10-9+/t21-,22?,24+,25+,26-,27+,28+,29-,30-,31+,32-,33-,35+,36-/m1/s1. The predicted molar refractivity (Wildman–Crippen MR) is 165 cm³/mol. The molecule has 6 nitrogen and oxygen atoms in total. The molecule has 5 aliphatic rings. The van der Waals surface area contributed by atoms with E-state index in [1.165, 1.54) is 37.7 Å². The van der Waals surface area contributed by atoms with Crippen molar-refractivity contribution in [3.05, 3.63) is 23.8 Å². The highest BCUT2D eigenvalue weighted by atomic mass is 16.7. The lowest BCUT2D eigenvalue weighted by molar-refractivity contribution is -0.313. The Morgan fingerprint density at radius 2 is 1.74 bits per heavy atom. The maximum absolute atomic E-state index is 10.5. The quantitative estimate of drug-likeness (QED) is 0.272. The van der Waals surface area contributed by atoms with Crippen LogP contribution in [0.25, 0.3) is 0 Å². The lowest BCUT2D eigenvalue weighted by atomic mass is 9.47. The van der Waals surface area contributed by atoms with E-state index in [2.05, 4.69) is 66.7 Å². The molecule has 4 fully saturated rings. The Kier molecular flexibility index (Phi) is 9.48. The van der Waals surface area contributed by atoms with Gasteiger partial charge in [-0.3, -0.25) is 0 Å². The summed E-state index contributed by atoms with van der Waals surface area (Å²) in [7, 11) is 0. The average molecular weight is 589 g/mol. The van der Waals surface area contributed by atoms with Gasteiger partial charge in [0.25, 0.3) is 0 Å². The number of fused-ring (bicyclic) bond motifs is 5. The summed E-state index contributed by atoms with van der Waals surface area (Å²) in [4.78, 5) is 0. The lowest BCUT2D eigenvalue weighted by Gasteiger charge is -2.58. The largest absolute Gasteiger partial charge is 0.394 e. The van der Waals surface area contributed by atoms with Gasteiger partial charge in [0.05, 0.1) is 12.7 Å². The molecule has 0 aromatic carbocycles. The van der Waals surface area contributed by atoms with Gasteiger partial charge in [0.1, 0.15) is 24.4 Å². The molecule has 1 aliphatic heterocycles. The number of aliphatic hydroxyl groups is 4. The second-order valence-electron chi connectivity index (χ2n) is 16.3. The van der Waals surface area contributed by atoms with Crippen LogP contribution in [0.4, 0.5) is 0 Å². The highest BCUT2D eigenvalue weighted by Crippen LogP contribution is 2.67. The van der Waals surface area contributed by atoms with E-state index in [9.17, 15) is 20.4 Å². The van der Waals surface area contributed by atoms with Gasteiger partial charge in [-0.25, -0.2) is 0 Å². The third kappa shape index (κ3) is 5.71. The molecular weight excluding hydrogens is 528 g/mol. The number of hydrogen-bond donors (Lipinski definition) is 4. The molecule has 0 bridgehead atoms. The Morgan fingerprint density at radius 1 is 1.00 bits per heavy atom. The van der Waals surface area contributed by atoms with Gasteiger partial charge in [-0.05, 0) is 110 Å². The van der Waals surface area contributed by atoms with Gasteiger partial charge in [-0.2, -0.15) is 0 Å². The highest BCUT2D eigenvalue weighted by Gasteiger charge is 2.59. The fourth-order valence-electron chi connectivity index (χ4n) is 10.5. The van der Waals surface area contributed by atoms with Gasteiger partial charge >= 0.3 is 0 Å². The Labute approximate surface area is 255 Å². The van der Waals surface area contributed by atoms with E-state index in [0.717, 1.165) is 43.4 Å². The summed E-state index contributed by atoms with van der Waals surface area (Å²) in [5, 5.41) is 40.4. The first-order chi connectivity index (χ1) is 19.7. The second kappa shape index (κ2) is 12.2. The molecule has 0 amide bonds. The van der Waals surface area contributed by atoms with Crippen LogP contribution in [0.2, 0.25) is 0 Å². The summed E-state index contributed by atoms with van der Waals surface area (Å²) in [6, 6.07) is 0. The highest BCUT2D eigenvalue weighted by molar-refractivity contribution is 5.25. The van der Waals surface area contributed by atoms with Crippen molar-refractivity contribution < 1.29 is 29.9 Å². The molecule has 42 heavy (non-hydrogen) atoms. The van der Waals surface area contributed by atoms with Crippen molar-refractivity contribution in [1.29, 1.82) is 0 Å². The van der Waals surface area contributed by atoms with Crippen LogP contribution in [0.3, 0.4) is 0 Å². The number of aliphatic hydroxyl groups excluding tert-OH is 4. The number of allylic oxidation sites excluding steroid dienone is 3. The van der Waals surface area contributed by atoms with Gasteiger partial charge in [0.15, 0.2) is 6.29 Å². The van der Waals surface area contributed by atoms with Crippen molar-refractivity contribution in [2.45, 2.75) is 143 Å². The first kappa shape index (κ1) is 32.6. The fraction of sp³-hybridized carbons (Fsp3) is 0.889. The van der Waals surface area contributed by atoms with E-state index in [4.69, 9.17) is 9.47 Å². The van der Waals surface area contributed by atoms with Crippen LogP contribution < -0.4 is 0 Å². The summed E-state index contributed by atoms with van der Waals surface area (Å²) in [6.45, 7) is 16.6. The first-order valence-electron chi connectivity index (χ1n) is 17.1. The van der Waals surface area contributed by atoms with E-state index in [-0.39, 0.29) is 11.5 Å². The average Bonchev–Trinajstić information content (AvgIpc) is 3.30. The van der Waals surface area contributed by atoms with E-state index in [1.54, 1.807) is 0 Å². The monoisotopic (exact) mass is 588 g/mol. The van der Waals surface area contributed by atoms with Crippen molar-refractivity contribution in [3.63, 3.8) is 0 Å². The minimum atomic E-state index is -1.40. The minimum absolute atomic E-state index is 0.111. The summed E-state index contributed by atoms with van der Waals surface area (Å²) in [5.74, 6) is 4.26. The zero-order valence-electron chi connectivity index (χ0n) is 27.3. The smallest absolute Gasteiger partial charge is 0.186 e. The molecule has 0 aromatic heterocycles. The van der Waals surface area contributed by atoms with Crippen molar-refractivity contribution in [2.24, 2.45) is 51.8 Å². The maximum atomic E-state index is 10.5. The zero-order valence-corrected chi connectivity index (χ0v) is 27.3. The van der Waals surface area contributed by atoms with Gasteiger partial charge in [-0.15, -0.1) is 0 Å². The Bertz CT molecular complexity index is 999. The molecule has 0 spiro atoms. The molecular formula is C36H60O6. The van der Waals surface area contributed by atoms with E-state index in [0.29, 0.717) is 28.6 Å². The summed E-state index contributed by atoms with van der Waals surface area (Å²) in [5.41, 5.74) is 2.40. The van der Waals surface area contributed by atoms with Gasteiger partial charge < -0.3 is 29.9 Å². The Morgan fingerprint density at radius 3 is 2.40 bits per heavy atom. The molecule has 5 rings (SSSR count). The zero-order chi connectivity index (χ0) is 30.6. The van der Waals surface area contributed by atoms with Gasteiger partial charge in [0.2, 0.25) is 0 Å². The lowest BCUT2D eigenvalue weighted by Crippen LogP contribution is -2.60. The van der Waals surface area contributed by atoms with Crippen LogP contribution in [0, 0.1) is 51.8 Å². The number of hydrogen-bond acceptors (Lipinski definition) is 6. The van der Waals surface area contributed by atoms with Crippen molar-refractivity contribution in [3.8, 4) is 0 Å². The van der Waals surface area contributed by atoms with Crippen LogP contribution in [-0.4, -0.2) is 63.8 Å². The van der Waals surface area contributed by atoms with Crippen LogP contribution in [0.15, 0.2) is 23.8 Å². The van der Waals surface area contributed by atoms with E-state index >= 15 is 0 Å². The molecule has 1 heterocycles. The first-order valence-corrected chi connectivity index (χ1v) is 17.1. The van der Waals surface area contributed by atoms with Crippen molar-refractivity contribution in [1.82, 2.24) is 0 Å². The maximum Gasteiger partial charge on any atom is 0.186 e. The minimum Gasteiger partial charge on any atom is -0.394 e. The fourth-order valence-corrected chi connectivity index (χ4v) is 10.5. The van der Waals surface area contributed by atoms with E-state index in [1.807, 2.05) is 0 Å². The van der Waals surface area contributed by atoms with Crippen molar-refractivity contribution in [2.75, 3.05) is 6.61 Å². The number of ether oxygens (including phenoxy) is 2. The van der Waals surface area contributed by atoms with Gasteiger partial charge in [0, 0.05) is 0 Å². The van der Waals surface area contributed by atoms with Crippen LogP contribution in [-0.2, 0) is 9.47 Å². The second-order valence-corrected chi connectivity index (χ2v) is 16.3. The van der Waals surface area contributed by atoms with Crippen LogP contribution in [0.1, 0.15) is 106 Å². The SMILES string of the molecule is CCC(/C=C/[C@@H](C)[C@H]1CC[C@H]2[C@@H]3CC=C4C[C@@H](O[C@@H]5O[C@H](CO)[C@@H](O)[C@H](O)[C@H]5O)CC[C@]4(C)[C@H]3CC[C@]12C)C(C)(C)C. The summed E-state index contributed by atoms with van der Waals surface area (Å²) >= 11 is 0. The van der Waals surface area contributed by atoms with E-state index < -0.39 is 37.3 Å². The van der Waals surface area contributed by atoms with Crippen molar-refractivity contribution >= 4 is 0 Å². The molecule has 1 unspecified atom stereocenters. The molecule has 0 radical (unpaired) electrons. The molecule has 240 valence electrons. The van der Waals surface area contributed by atoms with Gasteiger partial charge in [-0.1, -0.05) is 72.3 Å². The molecule has 3 saturated carbocycles. The Hall–Kier alpha value is -0.760. The summed E-state index contributed by atoms with van der Waals surface area (Å²) in [6.07, 6.45) is 11.9. The molecule has 4 aliphatic carbocycles. The van der Waals surface area contributed by atoms with Crippen LogP contribution >= 0.6 is 0 Å².